The van der Waals surface area contributed by atoms with E-state index < -0.39 is 7.12 Å². The number of halogens is 1. The molecule has 0 aliphatic rings. The molecule has 0 fully saturated rings. The summed E-state index contributed by atoms with van der Waals surface area (Å²) in [7, 11) is -1.48. The van der Waals surface area contributed by atoms with Gasteiger partial charge >= 0.3 is 7.12 Å². The zero-order chi connectivity index (χ0) is 75.3. The van der Waals surface area contributed by atoms with E-state index in [2.05, 4.69) is 429 Å². The van der Waals surface area contributed by atoms with Gasteiger partial charge in [0.2, 0.25) is 0 Å². The lowest BCUT2D eigenvalue weighted by Crippen LogP contribution is -2.29. The summed E-state index contributed by atoms with van der Waals surface area (Å²) in [6.07, 6.45) is 0. The Balaban J connectivity index is 0.000000128. The molecule has 20 rings (SSSR count). The molecule has 112 heavy (non-hydrogen) atoms. The summed E-state index contributed by atoms with van der Waals surface area (Å²) in [5.74, 6) is 0. The molecule has 0 spiro atoms. The highest BCUT2D eigenvalue weighted by Gasteiger charge is 2.20. The maximum absolute atomic E-state index is 9.64. The molecule has 8 heteroatoms. The number of rotatable bonds is 14. The molecule has 2 heterocycles. The van der Waals surface area contributed by atoms with Crippen LogP contribution >= 0.6 is 15.9 Å². The van der Waals surface area contributed by atoms with Crippen molar-refractivity contribution in [3.8, 4) is 67.0 Å². The van der Waals surface area contributed by atoms with Crippen LogP contribution in [0.5, 0.6) is 0 Å². The van der Waals surface area contributed by atoms with Crippen molar-refractivity contribution >= 4 is 128 Å². The zero-order valence-corrected chi connectivity index (χ0v) is 62.8. The van der Waals surface area contributed by atoms with Crippen LogP contribution in [0.15, 0.2) is 441 Å². The standard InChI is InChI=1S/C52H36N2.C28H20BNO2.C24H18BrN/c1-3-12-37(13-4-1)38-22-29-44(30-23-38)53(43-16-5-2-6-17-43)45-31-24-39(25-32-45)42-28-35-52-50(36-42)49-19-9-10-21-51(49)54(52)46-33-26-41(27-34-46)48-20-11-15-40-14-7-8-18-47(40)48;31-29(32)21-14-17-28-26(18-21)25-9-3-4-11-27(25)30(28)22-15-12-20(13-16-22)24-10-5-7-19-6-1-2-8-23(19)24;25-21-13-17-24(18-14-21)26(22-9-5-2-6-10-22)23-15-11-20(12-16-23)19-7-3-1-4-8-19/h1-36H;1-18,31-32H;1-18H. The van der Waals surface area contributed by atoms with Gasteiger partial charge in [-0.3, -0.25) is 0 Å². The monoisotopic (exact) mass is 1500 g/mol. The van der Waals surface area contributed by atoms with Crippen LogP contribution in [0.3, 0.4) is 0 Å². The Morgan fingerprint density at radius 1 is 0.214 bits per heavy atom. The molecule has 6 nitrogen and oxygen atoms in total. The van der Waals surface area contributed by atoms with Gasteiger partial charge in [0, 0.05) is 71.5 Å². The van der Waals surface area contributed by atoms with Crippen LogP contribution in [-0.2, 0) is 0 Å². The number of nitrogens with zero attached hydrogens (tertiary/aromatic N) is 4. The molecule has 0 atom stereocenters. The number of hydrogen-bond donors (Lipinski definition) is 2. The van der Waals surface area contributed by atoms with E-state index >= 15 is 0 Å². The summed E-state index contributed by atoms with van der Waals surface area (Å²) < 4.78 is 5.70. The topological polar surface area (TPSA) is 56.8 Å². The number of fused-ring (bicyclic) bond motifs is 8. The fourth-order valence-corrected chi connectivity index (χ4v) is 16.0. The molecule has 0 radical (unpaired) electrons. The van der Waals surface area contributed by atoms with E-state index in [4.69, 9.17) is 0 Å². The van der Waals surface area contributed by atoms with Gasteiger partial charge in [-0.2, -0.15) is 0 Å². The van der Waals surface area contributed by atoms with Crippen molar-refractivity contribution in [2.75, 3.05) is 9.80 Å². The van der Waals surface area contributed by atoms with Crippen molar-refractivity contribution in [2.24, 2.45) is 0 Å². The fraction of sp³-hybridized carbons (Fsp3) is 0. The summed E-state index contributed by atoms with van der Waals surface area (Å²) in [5.41, 5.74) is 26.1. The molecule has 0 saturated carbocycles. The highest BCUT2D eigenvalue weighted by molar-refractivity contribution is 9.10. The summed E-state index contributed by atoms with van der Waals surface area (Å²) in [6.45, 7) is 0. The zero-order valence-electron chi connectivity index (χ0n) is 61.2. The van der Waals surface area contributed by atoms with Crippen molar-refractivity contribution in [1.82, 2.24) is 9.13 Å². The van der Waals surface area contributed by atoms with E-state index in [0.717, 1.165) is 71.8 Å². The first-order valence-electron chi connectivity index (χ1n) is 37.8. The molecule has 0 unspecified atom stereocenters. The van der Waals surface area contributed by atoms with E-state index in [-0.39, 0.29) is 0 Å². The summed E-state index contributed by atoms with van der Waals surface area (Å²) >= 11 is 3.52. The molecule has 2 N–H and O–H groups in total. The van der Waals surface area contributed by atoms with Crippen molar-refractivity contribution in [3.05, 3.63) is 441 Å². The molecular formula is C104H74BBrN4O2. The quantitative estimate of drug-likeness (QED) is 0.107. The fourth-order valence-electron chi connectivity index (χ4n) is 15.7. The minimum absolute atomic E-state index is 0.492. The first-order valence-corrected chi connectivity index (χ1v) is 38.6. The average Bonchev–Trinajstić information content (AvgIpc) is 1.59. The smallest absolute Gasteiger partial charge is 0.423 e. The van der Waals surface area contributed by atoms with Gasteiger partial charge < -0.3 is 29.0 Å². The van der Waals surface area contributed by atoms with Crippen molar-refractivity contribution < 1.29 is 10.0 Å². The second kappa shape index (κ2) is 31.4. The maximum atomic E-state index is 9.64. The van der Waals surface area contributed by atoms with Crippen LogP contribution < -0.4 is 15.3 Å². The van der Waals surface area contributed by atoms with Gasteiger partial charge in [-0.1, -0.05) is 313 Å². The molecule has 18 aromatic carbocycles. The van der Waals surface area contributed by atoms with Gasteiger partial charge in [0.1, 0.15) is 0 Å². The SMILES string of the molecule is Brc1ccc(N(c2ccccc2)c2ccc(-c3ccccc3)cc2)cc1.OB(O)c1ccc2c(c1)c1ccccc1n2-c1ccc(-c2cccc3ccccc23)cc1.c1ccc(-c2ccc(N(c3ccccc3)c3ccc(-c4ccc5c(c4)c4ccccc4n5-c4ccc(-c5cccc6ccccc56)cc4)cc3)cc2)cc1. The molecule has 0 bridgehead atoms. The minimum Gasteiger partial charge on any atom is -0.423 e. The number of benzene rings is 18. The molecule has 20 aromatic rings. The van der Waals surface area contributed by atoms with Crippen molar-refractivity contribution in [1.29, 1.82) is 0 Å². The van der Waals surface area contributed by atoms with E-state index in [9.17, 15) is 10.0 Å². The highest BCUT2D eigenvalue weighted by atomic mass is 79.9. The molecular weight excluding hydrogens is 1430 g/mol. The van der Waals surface area contributed by atoms with Crippen LogP contribution in [0.25, 0.3) is 132 Å². The van der Waals surface area contributed by atoms with Gasteiger partial charge in [0.25, 0.3) is 0 Å². The third-order valence-electron chi connectivity index (χ3n) is 21.2. The van der Waals surface area contributed by atoms with Crippen LogP contribution in [0, 0.1) is 0 Å². The molecule has 2 aromatic heterocycles. The summed E-state index contributed by atoms with van der Waals surface area (Å²) in [5, 5.41) is 28.9. The van der Waals surface area contributed by atoms with Crippen LogP contribution in [0.2, 0.25) is 0 Å². The lowest BCUT2D eigenvalue weighted by Gasteiger charge is -2.26. The Kier molecular flexibility index (Phi) is 19.6. The second-order valence-corrected chi connectivity index (χ2v) is 28.8. The summed E-state index contributed by atoms with van der Waals surface area (Å²) in [6, 6.07) is 154. The van der Waals surface area contributed by atoms with E-state index in [0.29, 0.717) is 5.46 Å². The molecule has 0 aliphatic carbocycles. The van der Waals surface area contributed by atoms with Gasteiger partial charge in [-0.05, 0) is 222 Å². The van der Waals surface area contributed by atoms with Gasteiger partial charge in [-0.15, -0.1) is 0 Å². The number of hydrogen-bond acceptors (Lipinski definition) is 4. The first kappa shape index (κ1) is 69.9. The molecule has 0 amide bonds. The first-order chi connectivity index (χ1) is 55.3. The van der Waals surface area contributed by atoms with Gasteiger partial charge in [0.05, 0.1) is 22.1 Å². The second-order valence-electron chi connectivity index (χ2n) is 27.9. The Hall–Kier alpha value is -13.9. The Labute approximate surface area is 660 Å². The minimum atomic E-state index is -1.48. The highest BCUT2D eigenvalue weighted by Crippen LogP contribution is 2.42. The maximum Gasteiger partial charge on any atom is 0.488 e. The van der Waals surface area contributed by atoms with E-state index in [1.165, 1.54) is 99.0 Å². The summed E-state index contributed by atoms with van der Waals surface area (Å²) in [4.78, 5) is 4.59. The largest absolute Gasteiger partial charge is 0.488 e. The Morgan fingerprint density at radius 3 is 0.929 bits per heavy atom. The molecule has 532 valence electrons. The third-order valence-corrected chi connectivity index (χ3v) is 21.7. The third kappa shape index (κ3) is 14.1. The molecule has 0 aliphatic heterocycles. The van der Waals surface area contributed by atoms with E-state index in [1.807, 2.05) is 36.4 Å². The van der Waals surface area contributed by atoms with Gasteiger partial charge in [-0.25, -0.2) is 0 Å². The lowest BCUT2D eigenvalue weighted by atomic mass is 9.80. The lowest BCUT2D eigenvalue weighted by molar-refractivity contribution is 0.426. The van der Waals surface area contributed by atoms with Gasteiger partial charge in [0.15, 0.2) is 0 Å². The van der Waals surface area contributed by atoms with Crippen LogP contribution in [-0.4, -0.2) is 26.3 Å². The number of aromatic nitrogens is 2. The Morgan fingerprint density at radius 2 is 0.509 bits per heavy atom. The molecule has 0 saturated heterocycles. The number of para-hydroxylation sites is 4. The Bertz CT molecular complexity index is 6670. The van der Waals surface area contributed by atoms with Crippen LogP contribution in [0.4, 0.5) is 34.1 Å². The number of anilines is 6. The average molecular weight is 1500 g/mol. The van der Waals surface area contributed by atoms with Crippen LogP contribution in [0.1, 0.15) is 0 Å². The predicted molar refractivity (Wildman–Crippen MR) is 477 cm³/mol. The van der Waals surface area contributed by atoms with Crippen molar-refractivity contribution in [2.45, 2.75) is 0 Å². The predicted octanol–water partition coefficient (Wildman–Crippen LogP) is 27.3. The normalized spacial score (nSPS) is 11.2. The van der Waals surface area contributed by atoms with Crippen molar-refractivity contribution in [3.63, 3.8) is 0 Å². The van der Waals surface area contributed by atoms with E-state index in [1.54, 1.807) is 6.07 Å².